The first-order valence-electron chi connectivity index (χ1n) is 8.44. The molecule has 2 rings (SSSR count). The van der Waals surface area contributed by atoms with Crippen molar-refractivity contribution in [2.24, 2.45) is 5.73 Å². The maximum atomic E-state index is 13.7. The number of nitrogens with zero attached hydrogens (tertiary/aromatic N) is 1. The second-order valence-electron chi connectivity index (χ2n) is 7.13. The van der Waals surface area contributed by atoms with Crippen molar-refractivity contribution in [2.75, 3.05) is 16.9 Å². The second kappa shape index (κ2) is 9.21. The summed E-state index contributed by atoms with van der Waals surface area (Å²) in [5, 5.41) is 0. The lowest BCUT2D eigenvalue weighted by atomic mass is 9.98. The number of carbonyl (C=O) groups is 2. The molecule has 28 heavy (non-hydrogen) atoms. The van der Waals surface area contributed by atoms with Gasteiger partial charge in [0.15, 0.2) is 0 Å². The van der Waals surface area contributed by atoms with E-state index in [9.17, 15) is 13.8 Å². The highest BCUT2D eigenvalue weighted by Gasteiger charge is 2.36. The average molecular weight is 624 g/mol. The molecular weight excluding hydrogens is 602 g/mol. The Morgan fingerprint density at radius 2 is 1.82 bits per heavy atom. The number of hydrogen-bond acceptors (Lipinski definition) is 3. The van der Waals surface area contributed by atoms with Crippen LogP contribution in [0.25, 0.3) is 0 Å². The highest BCUT2D eigenvalue weighted by Crippen LogP contribution is 2.32. The van der Waals surface area contributed by atoms with Crippen LogP contribution in [0, 0.1) is 14.1 Å². The highest BCUT2D eigenvalue weighted by atomic mass is 127. The molecule has 0 heterocycles. The number of rotatable bonds is 6. The third kappa shape index (κ3) is 5.12. The number of nitrogens with two attached hydrogens (primary N) is 1. The Bertz CT molecular complexity index is 960. The van der Waals surface area contributed by atoms with Crippen LogP contribution in [-0.4, -0.2) is 33.6 Å². The van der Waals surface area contributed by atoms with E-state index >= 15 is 0 Å². The molecule has 2 amide bonds. The normalized spacial score (nSPS) is 12.5. The van der Waals surface area contributed by atoms with Crippen LogP contribution in [0.5, 0.6) is 0 Å². The second-order valence-corrected chi connectivity index (χ2v) is 11.0. The minimum atomic E-state index is -1.12. The molecule has 0 aliphatic heterocycles. The van der Waals surface area contributed by atoms with Gasteiger partial charge in [-0.15, -0.1) is 0 Å². The van der Waals surface area contributed by atoms with Gasteiger partial charge in [0, 0.05) is 35.6 Å². The Morgan fingerprint density at radius 1 is 1.18 bits per heavy atom. The summed E-state index contributed by atoms with van der Waals surface area (Å²) in [6, 6.07) is 10.9. The van der Waals surface area contributed by atoms with Crippen molar-refractivity contribution >= 4 is 73.5 Å². The summed E-state index contributed by atoms with van der Waals surface area (Å²) in [6.45, 7) is 5.68. The Morgan fingerprint density at radius 3 is 2.36 bits per heavy atom. The molecule has 0 aromatic heterocycles. The highest BCUT2D eigenvalue weighted by molar-refractivity contribution is 14.1. The number of aryl methyl sites for hydroxylation is 1. The molecular formula is C20H22I2N2O3S. The lowest BCUT2D eigenvalue weighted by molar-refractivity contribution is 0.0945. The predicted molar refractivity (Wildman–Crippen MR) is 131 cm³/mol. The summed E-state index contributed by atoms with van der Waals surface area (Å²) in [5.74, 6) is -0.698. The SMILES string of the molecule is Cc1cc(I)ccc1N(C(=O)c1cccc(I)c1C(N)=O)C(C)(C)CS(C)=O. The van der Waals surface area contributed by atoms with Gasteiger partial charge in [0.1, 0.15) is 0 Å². The van der Waals surface area contributed by atoms with Gasteiger partial charge >= 0.3 is 0 Å². The van der Waals surface area contributed by atoms with Crippen LogP contribution < -0.4 is 10.6 Å². The van der Waals surface area contributed by atoms with E-state index in [1.807, 2.05) is 61.6 Å². The molecule has 0 bridgehead atoms. The number of benzene rings is 2. The van der Waals surface area contributed by atoms with E-state index in [2.05, 4.69) is 22.6 Å². The van der Waals surface area contributed by atoms with Gasteiger partial charge in [-0.25, -0.2) is 0 Å². The van der Waals surface area contributed by atoms with Gasteiger partial charge in [-0.1, -0.05) is 6.07 Å². The minimum Gasteiger partial charge on any atom is -0.366 e. The predicted octanol–water partition coefficient (Wildman–Crippen LogP) is 4.11. The lowest BCUT2D eigenvalue weighted by Crippen LogP contribution is -2.52. The van der Waals surface area contributed by atoms with Gasteiger partial charge in [0.25, 0.3) is 11.8 Å². The molecule has 0 radical (unpaired) electrons. The number of amides is 2. The van der Waals surface area contributed by atoms with Gasteiger partial charge in [0.05, 0.1) is 16.7 Å². The molecule has 0 aliphatic rings. The van der Waals surface area contributed by atoms with E-state index in [-0.39, 0.29) is 17.0 Å². The molecule has 5 nitrogen and oxygen atoms in total. The molecule has 2 aromatic carbocycles. The van der Waals surface area contributed by atoms with Crippen LogP contribution in [0.1, 0.15) is 40.1 Å². The molecule has 1 unspecified atom stereocenters. The van der Waals surface area contributed by atoms with Crippen molar-refractivity contribution in [3.8, 4) is 0 Å². The first-order chi connectivity index (χ1) is 13.0. The first kappa shape index (κ1) is 23.3. The van der Waals surface area contributed by atoms with Crippen molar-refractivity contribution in [2.45, 2.75) is 26.3 Å². The fourth-order valence-electron chi connectivity index (χ4n) is 3.22. The van der Waals surface area contributed by atoms with Crippen LogP contribution in [0.4, 0.5) is 5.69 Å². The summed E-state index contributed by atoms with van der Waals surface area (Å²) in [4.78, 5) is 27.4. The maximum absolute atomic E-state index is 13.7. The van der Waals surface area contributed by atoms with E-state index in [1.165, 1.54) is 0 Å². The smallest absolute Gasteiger partial charge is 0.259 e. The van der Waals surface area contributed by atoms with Crippen molar-refractivity contribution in [3.05, 3.63) is 60.2 Å². The van der Waals surface area contributed by atoms with Crippen molar-refractivity contribution in [1.29, 1.82) is 0 Å². The molecule has 2 N–H and O–H groups in total. The Kier molecular flexibility index (Phi) is 7.65. The van der Waals surface area contributed by atoms with Crippen LogP contribution in [0.2, 0.25) is 0 Å². The van der Waals surface area contributed by atoms with E-state index in [0.717, 1.165) is 14.8 Å². The van der Waals surface area contributed by atoms with Crippen LogP contribution in [0.3, 0.4) is 0 Å². The average Bonchev–Trinajstić information content (AvgIpc) is 2.55. The molecule has 0 spiro atoms. The molecule has 150 valence electrons. The van der Waals surface area contributed by atoms with Crippen molar-refractivity contribution in [3.63, 3.8) is 0 Å². The third-order valence-electron chi connectivity index (χ3n) is 4.26. The number of primary amides is 1. The summed E-state index contributed by atoms with van der Waals surface area (Å²) in [5.41, 5.74) is 6.90. The standard InChI is InChI=1S/C20H22I2N2O3S/c1-12-10-13(21)8-9-16(12)24(20(2,3)11-28(4)27)19(26)14-6-5-7-15(22)17(14)18(23)25/h5-10H,11H2,1-4H3,(H2,23,25). The zero-order chi connectivity index (χ0) is 21.2. The number of halogens is 2. The van der Waals surface area contributed by atoms with Gasteiger partial charge in [-0.3, -0.25) is 13.8 Å². The van der Waals surface area contributed by atoms with E-state index < -0.39 is 22.2 Å². The molecule has 2 aromatic rings. The summed E-state index contributed by atoms with van der Waals surface area (Å²) >= 11 is 4.22. The summed E-state index contributed by atoms with van der Waals surface area (Å²) < 4.78 is 13.7. The van der Waals surface area contributed by atoms with Gasteiger partial charge in [-0.2, -0.15) is 0 Å². The fourth-order valence-corrected chi connectivity index (χ4v) is 5.75. The Labute approximate surface area is 195 Å². The van der Waals surface area contributed by atoms with Crippen LogP contribution >= 0.6 is 45.2 Å². The Hall–Kier alpha value is -1.01. The van der Waals surface area contributed by atoms with Crippen LogP contribution in [-0.2, 0) is 10.8 Å². The van der Waals surface area contributed by atoms with Crippen molar-refractivity contribution < 1.29 is 13.8 Å². The quantitative estimate of drug-likeness (QED) is 0.492. The molecule has 0 fully saturated rings. The lowest BCUT2D eigenvalue weighted by Gasteiger charge is -2.39. The van der Waals surface area contributed by atoms with Gasteiger partial charge in [-0.05, 0) is 102 Å². The fraction of sp³-hybridized carbons (Fsp3) is 0.300. The van der Waals surface area contributed by atoms with E-state index in [0.29, 0.717) is 9.32 Å². The minimum absolute atomic E-state index is 0.203. The van der Waals surface area contributed by atoms with Crippen molar-refractivity contribution in [1.82, 2.24) is 0 Å². The summed E-state index contributed by atoms with van der Waals surface area (Å²) in [7, 11) is -1.12. The summed E-state index contributed by atoms with van der Waals surface area (Å²) in [6.07, 6.45) is 1.62. The zero-order valence-electron chi connectivity index (χ0n) is 16.1. The monoisotopic (exact) mass is 624 g/mol. The molecule has 0 saturated carbocycles. The zero-order valence-corrected chi connectivity index (χ0v) is 21.2. The van der Waals surface area contributed by atoms with Gasteiger partial charge < -0.3 is 10.6 Å². The molecule has 0 saturated heterocycles. The number of anilines is 1. The molecule has 8 heteroatoms. The van der Waals surface area contributed by atoms with E-state index in [4.69, 9.17) is 5.73 Å². The largest absolute Gasteiger partial charge is 0.366 e. The number of carbonyl (C=O) groups excluding carboxylic acids is 2. The molecule has 1 atom stereocenters. The topological polar surface area (TPSA) is 80.5 Å². The maximum Gasteiger partial charge on any atom is 0.259 e. The van der Waals surface area contributed by atoms with E-state index in [1.54, 1.807) is 29.4 Å². The van der Waals surface area contributed by atoms with Gasteiger partial charge in [0.2, 0.25) is 0 Å². The third-order valence-corrected chi connectivity index (χ3v) is 6.94. The molecule has 0 aliphatic carbocycles. The number of hydrogen-bond donors (Lipinski definition) is 1. The van der Waals surface area contributed by atoms with Crippen LogP contribution in [0.15, 0.2) is 36.4 Å². The first-order valence-corrected chi connectivity index (χ1v) is 12.3. The Balaban J connectivity index is 2.73.